The van der Waals surface area contributed by atoms with Crippen LogP contribution in [0.1, 0.15) is 11.1 Å². The van der Waals surface area contributed by atoms with E-state index in [1.165, 1.54) is 62.8 Å². The number of phenolic OH excluding ortho intramolecular Hbond substituents is 2. The lowest BCUT2D eigenvalue weighted by Gasteiger charge is -2.43. The Morgan fingerprint density at radius 1 is 0.796 bits per heavy atom. The number of esters is 2. The van der Waals surface area contributed by atoms with Crippen molar-refractivity contribution in [1.29, 1.82) is 0 Å². The maximum Gasteiger partial charge on any atom is 0.331 e. The highest BCUT2D eigenvalue weighted by Crippen LogP contribution is 2.38. The third-order valence-corrected chi connectivity index (χ3v) is 7.72. The second-order valence-corrected chi connectivity index (χ2v) is 10.9. The zero-order valence-electron chi connectivity index (χ0n) is 26.3. The van der Waals surface area contributed by atoms with E-state index in [-0.39, 0.29) is 23.0 Å². The zero-order valence-corrected chi connectivity index (χ0v) is 26.3. The molecule has 2 aliphatic rings. The van der Waals surface area contributed by atoms with E-state index in [9.17, 15) is 50.4 Å². The van der Waals surface area contributed by atoms with E-state index in [1.807, 2.05) is 0 Å². The van der Waals surface area contributed by atoms with Crippen LogP contribution in [0.2, 0.25) is 0 Å². The van der Waals surface area contributed by atoms with Crippen LogP contribution in [-0.2, 0) is 33.3 Å². The molecule has 2 aromatic rings. The number of methoxy groups -OCH3 is 2. The quantitative estimate of drug-likeness (QED) is 0.0882. The highest BCUT2D eigenvalue weighted by Gasteiger charge is 2.61. The summed E-state index contributed by atoms with van der Waals surface area (Å²) in [5, 5.41) is 81.8. The van der Waals surface area contributed by atoms with Crippen molar-refractivity contribution in [3.8, 4) is 23.0 Å². The van der Waals surface area contributed by atoms with Gasteiger partial charge in [-0.2, -0.15) is 0 Å². The fraction of sp³-hybridized carbons (Fsp3) is 0.438. The van der Waals surface area contributed by atoms with Crippen LogP contribution in [-0.4, -0.2) is 142 Å². The third-order valence-electron chi connectivity index (χ3n) is 7.72. The van der Waals surface area contributed by atoms with Crippen LogP contribution in [0.4, 0.5) is 0 Å². The summed E-state index contributed by atoms with van der Waals surface area (Å²) in [6.07, 6.45) is -9.51. The molecule has 2 aliphatic heterocycles. The van der Waals surface area contributed by atoms with Crippen molar-refractivity contribution >= 4 is 24.1 Å². The molecule has 0 bridgehead atoms. The maximum atomic E-state index is 13.0. The van der Waals surface area contributed by atoms with E-state index in [0.717, 1.165) is 12.2 Å². The van der Waals surface area contributed by atoms with E-state index in [2.05, 4.69) is 0 Å². The lowest BCUT2D eigenvalue weighted by atomic mass is 9.99. The summed E-state index contributed by atoms with van der Waals surface area (Å²) in [4.78, 5) is 25.5. The molecule has 17 nitrogen and oxygen atoms in total. The lowest BCUT2D eigenvalue weighted by Crippen LogP contribution is -2.63. The Morgan fingerprint density at radius 2 is 1.37 bits per heavy atom. The first kappa shape index (κ1) is 37.5. The van der Waals surface area contributed by atoms with Gasteiger partial charge < -0.3 is 74.0 Å². The minimum atomic E-state index is -2.51. The molecule has 0 aromatic heterocycles. The smallest absolute Gasteiger partial charge is 0.331 e. The minimum absolute atomic E-state index is 0.112. The molecule has 9 atom stereocenters. The van der Waals surface area contributed by atoms with Crippen molar-refractivity contribution in [2.75, 3.05) is 34.0 Å². The first-order chi connectivity index (χ1) is 23.4. The average molecular weight is 695 g/mol. The van der Waals surface area contributed by atoms with Crippen molar-refractivity contribution in [3.05, 3.63) is 59.7 Å². The molecule has 2 fully saturated rings. The molecule has 0 saturated carbocycles. The number of hydrogen-bond acceptors (Lipinski definition) is 17. The van der Waals surface area contributed by atoms with Gasteiger partial charge in [-0.25, -0.2) is 9.59 Å². The fourth-order valence-corrected chi connectivity index (χ4v) is 5.06. The molecule has 2 heterocycles. The number of ether oxygens (including phenoxy) is 7. The van der Waals surface area contributed by atoms with Crippen molar-refractivity contribution < 1.29 is 83.6 Å². The van der Waals surface area contributed by atoms with Crippen LogP contribution in [0.3, 0.4) is 0 Å². The number of aliphatic hydroxyl groups excluding tert-OH is 6. The maximum absolute atomic E-state index is 13.0. The van der Waals surface area contributed by atoms with Crippen LogP contribution in [0.5, 0.6) is 23.0 Å². The molecule has 4 rings (SSSR count). The van der Waals surface area contributed by atoms with Gasteiger partial charge in [-0.15, -0.1) is 0 Å². The third kappa shape index (κ3) is 8.66. The van der Waals surface area contributed by atoms with Gasteiger partial charge in [0, 0.05) is 12.2 Å². The molecule has 2 saturated heterocycles. The topological polar surface area (TPSA) is 261 Å². The molecule has 2 aromatic carbocycles. The molecule has 49 heavy (non-hydrogen) atoms. The Bertz CT molecular complexity index is 1510. The molecule has 0 spiro atoms. The number of benzene rings is 2. The van der Waals surface area contributed by atoms with Gasteiger partial charge in [0.05, 0.1) is 20.8 Å². The first-order valence-electron chi connectivity index (χ1n) is 14.8. The molecule has 0 unspecified atom stereocenters. The molecule has 0 amide bonds. The van der Waals surface area contributed by atoms with E-state index >= 15 is 0 Å². The van der Waals surface area contributed by atoms with Gasteiger partial charge in [0.1, 0.15) is 49.8 Å². The Hall–Kier alpha value is -4.30. The van der Waals surface area contributed by atoms with E-state index in [4.69, 9.17) is 33.2 Å². The number of phenols is 2. The summed E-state index contributed by atoms with van der Waals surface area (Å²) in [7, 11) is 2.69. The molecule has 0 aliphatic carbocycles. The van der Waals surface area contributed by atoms with Crippen LogP contribution in [0.25, 0.3) is 12.2 Å². The monoisotopic (exact) mass is 694 g/mol. The molecule has 268 valence electrons. The Kier molecular flexibility index (Phi) is 12.6. The van der Waals surface area contributed by atoms with Crippen molar-refractivity contribution in [2.45, 2.75) is 54.8 Å². The van der Waals surface area contributed by atoms with Gasteiger partial charge in [-0.3, -0.25) is 0 Å². The summed E-state index contributed by atoms with van der Waals surface area (Å²) in [5.41, 5.74) is 0.881. The highest BCUT2D eigenvalue weighted by atomic mass is 16.8. The molecular formula is C32H38O17. The molecule has 0 radical (unpaired) electrons. The Labute approximate surface area is 279 Å². The van der Waals surface area contributed by atoms with Crippen LogP contribution in [0.15, 0.2) is 48.6 Å². The van der Waals surface area contributed by atoms with Gasteiger partial charge in [0.2, 0.25) is 5.79 Å². The zero-order chi connectivity index (χ0) is 35.9. The number of aromatic hydroxyl groups is 2. The normalized spacial score (nSPS) is 30.0. The largest absolute Gasteiger partial charge is 0.504 e. The average Bonchev–Trinajstić information content (AvgIpc) is 3.36. The SMILES string of the molecule is COc1cc(/C=C\C(=O)OC[C@H]2O[C@@](CO)(O[C@H]3O[C@H](CO)[C@@H](O)[C@H](O)[C@H]3O)[C@@H](OC(=O)/C=C/c3ccc(O)c(OC)c3)[C@@H]2O)ccc1O. The first-order valence-corrected chi connectivity index (χ1v) is 14.8. The van der Waals surface area contributed by atoms with Gasteiger partial charge in [0.25, 0.3) is 0 Å². The van der Waals surface area contributed by atoms with Gasteiger partial charge in [0.15, 0.2) is 35.4 Å². The molecular weight excluding hydrogens is 656 g/mol. The predicted molar refractivity (Wildman–Crippen MR) is 164 cm³/mol. The summed E-state index contributed by atoms with van der Waals surface area (Å²) < 4.78 is 37.5. The Balaban J connectivity index is 1.54. The van der Waals surface area contributed by atoms with Crippen LogP contribution in [0, 0.1) is 0 Å². The second-order valence-electron chi connectivity index (χ2n) is 10.9. The van der Waals surface area contributed by atoms with Crippen molar-refractivity contribution in [2.24, 2.45) is 0 Å². The predicted octanol–water partition coefficient (Wildman–Crippen LogP) is -1.44. The van der Waals surface area contributed by atoms with Crippen LogP contribution >= 0.6 is 0 Å². The summed E-state index contributed by atoms with van der Waals surface area (Å²) in [6, 6.07) is 8.53. The molecule has 17 heteroatoms. The summed E-state index contributed by atoms with van der Waals surface area (Å²) in [6.45, 7) is -2.63. The van der Waals surface area contributed by atoms with Gasteiger partial charge in [-0.1, -0.05) is 12.1 Å². The summed E-state index contributed by atoms with van der Waals surface area (Å²) >= 11 is 0. The fourth-order valence-electron chi connectivity index (χ4n) is 5.06. The van der Waals surface area contributed by atoms with E-state index in [1.54, 1.807) is 0 Å². The Morgan fingerprint density at radius 3 is 1.90 bits per heavy atom. The number of rotatable bonds is 13. The minimum Gasteiger partial charge on any atom is -0.504 e. The number of carbonyl (C=O) groups is 2. The summed E-state index contributed by atoms with van der Waals surface area (Å²) in [5.74, 6) is -4.46. The number of aliphatic hydroxyl groups is 6. The number of hydrogen-bond donors (Lipinski definition) is 8. The van der Waals surface area contributed by atoms with E-state index in [0.29, 0.717) is 11.1 Å². The van der Waals surface area contributed by atoms with Crippen molar-refractivity contribution in [1.82, 2.24) is 0 Å². The lowest BCUT2D eigenvalue weighted by molar-refractivity contribution is -0.383. The van der Waals surface area contributed by atoms with Gasteiger partial charge in [-0.05, 0) is 47.5 Å². The van der Waals surface area contributed by atoms with Crippen LogP contribution < -0.4 is 9.47 Å². The number of carbonyl (C=O) groups excluding carboxylic acids is 2. The molecule has 8 N–H and O–H groups in total. The van der Waals surface area contributed by atoms with Crippen molar-refractivity contribution in [3.63, 3.8) is 0 Å². The van der Waals surface area contributed by atoms with Gasteiger partial charge >= 0.3 is 11.9 Å². The second kappa shape index (κ2) is 16.4. The standard InChI is InChI=1S/C32H38O17/c1-43-20-11-16(3-7-18(20)35)5-9-24(37)45-14-23-27(40)30(47-25(38)10-6-17-4-8-19(36)21(12-17)44-2)32(15-34,48-23)49-31-29(42)28(41)26(39)22(13-33)46-31/h3-12,22-23,26-31,33-36,39-42H,13-15H2,1-2H3/b9-5-,10-6+/t22-,23-,26-,27-,28+,29-,30+,31-,32+/m1/s1. The van der Waals surface area contributed by atoms with E-state index < -0.39 is 86.6 Å². The highest BCUT2D eigenvalue weighted by molar-refractivity contribution is 5.88.